The number of hydrogen-bond donors (Lipinski definition) is 1. The molecule has 0 bridgehead atoms. The molecule has 1 aliphatic rings. The smallest absolute Gasteiger partial charge is 0.248 e. The molecule has 0 saturated carbocycles. The van der Waals surface area contributed by atoms with Crippen molar-refractivity contribution in [2.24, 2.45) is 0 Å². The van der Waals surface area contributed by atoms with Crippen LogP contribution in [0.25, 0.3) is 0 Å². The normalized spacial score (nSPS) is 15.7. The second-order valence-corrected chi connectivity index (χ2v) is 6.89. The summed E-state index contributed by atoms with van der Waals surface area (Å²) in [5.74, 6) is -0.811. The molecule has 2 N–H and O–H groups in total. The largest absolute Gasteiger partial charge is 0.398 e. The summed E-state index contributed by atoms with van der Waals surface area (Å²) in [6.45, 7) is 0.569. The van der Waals surface area contributed by atoms with Crippen LogP contribution in [0.15, 0.2) is 47.4 Å². The van der Waals surface area contributed by atoms with Crippen molar-refractivity contribution in [1.29, 1.82) is 0 Å². The number of nitrogen functional groups attached to an aromatic ring is 1. The quantitative estimate of drug-likeness (QED) is 0.865. The molecular weight excluding hydrogens is 291 g/mol. The maximum atomic E-state index is 13.9. The number of benzene rings is 2. The number of fused-ring (bicyclic) bond motifs is 1. The first-order chi connectivity index (χ1) is 10.00. The van der Waals surface area contributed by atoms with E-state index < -0.39 is 20.7 Å². The minimum Gasteiger partial charge on any atom is -0.398 e. The number of sulfonamides is 1. The van der Waals surface area contributed by atoms with Crippen LogP contribution in [0, 0.1) is 5.82 Å². The van der Waals surface area contributed by atoms with Crippen LogP contribution in [0.5, 0.6) is 0 Å². The average molecular weight is 306 g/mol. The highest BCUT2D eigenvalue weighted by molar-refractivity contribution is 7.89. The molecule has 0 fully saturated rings. The van der Waals surface area contributed by atoms with E-state index in [4.69, 9.17) is 5.73 Å². The number of hydrogen-bond acceptors (Lipinski definition) is 3. The fraction of sp³-hybridized carbons (Fsp3) is 0.200. The third-order valence-corrected chi connectivity index (χ3v) is 5.63. The Morgan fingerprint density at radius 3 is 2.48 bits per heavy atom. The zero-order valence-corrected chi connectivity index (χ0v) is 12.1. The van der Waals surface area contributed by atoms with E-state index >= 15 is 0 Å². The summed E-state index contributed by atoms with van der Waals surface area (Å²) in [6.07, 6.45) is 0.615. The second-order valence-electron chi connectivity index (χ2n) is 5.02. The lowest BCUT2D eigenvalue weighted by molar-refractivity contribution is 0.389. The highest BCUT2D eigenvalue weighted by atomic mass is 32.2. The lowest BCUT2D eigenvalue weighted by atomic mass is 10.0. The summed E-state index contributed by atoms with van der Waals surface area (Å²) < 4.78 is 40.5. The molecule has 0 aliphatic carbocycles. The van der Waals surface area contributed by atoms with Gasteiger partial charge in [0.15, 0.2) is 0 Å². The summed E-state index contributed by atoms with van der Waals surface area (Å²) >= 11 is 0. The van der Waals surface area contributed by atoms with E-state index in [-0.39, 0.29) is 12.2 Å². The van der Waals surface area contributed by atoms with Gasteiger partial charge < -0.3 is 5.73 Å². The van der Waals surface area contributed by atoms with E-state index in [9.17, 15) is 12.8 Å². The summed E-state index contributed by atoms with van der Waals surface area (Å²) in [5.41, 5.74) is 7.68. The van der Waals surface area contributed by atoms with Crippen LogP contribution in [0.2, 0.25) is 0 Å². The molecule has 0 amide bonds. The van der Waals surface area contributed by atoms with E-state index in [2.05, 4.69) is 0 Å². The first kappa shape index (κ1) is 14.0. The Hall–Kier alpha value is -1.92. The highest BCUT2D eigenvalue weighted by Gasteiger charge is 2.31. The van der Waals surface area contributed by atoms with Gasteiger partial charge in [-0.1, -0.05) is 30.3 Å². The molecule has 2 aromatic rings. The molecule has 1 aliphatic heterocycles. The molecule has 0 aromatic heterocycles. The number of nitrogens with zero attached hydrogens (tertiary/aromatic N) is 1. The molecule has 0 unspecified atom stereocenters. The molecule has 110 valence electrons. The molecule has 2 aromatic carbocycles. The van der Waals surface area contributed by atoms with Crippen molar-refractivity contribution in [2.45, 2.75) is 17.9 Å². The number of rotatable bonds is 2. The van der Waals surface area contributed by atoms with Gasteiger partial charge >= 0.3 is 0 Å². The maximum Gasteiger partial charge on any atom is 0.248 e. The van der Waals surface area contributed by atoms with Gasteiger partial charge in [0.2, 0.25) is 10.0 Å². The molecule has 6 heteroatoms. The van der Waals surface area contributed by atoms with Gasteiger partial charge in [-0.3, -0.25) is 0 Å². The van der Waals surface area contributed by atoms with Gasteiger partial charge in [0.25, 0.3) is 0 Å². The number of halogens is 1. The van der Waals surface area contributed by atoms with Gasteiger partial charge in [-0.25, -0.2) is 12.8 Å². The first-order valence-corrected chi connectivity index (χ1v) is 8.05. The van der Waals surface area contributed by atoms with Crippen molar-refractivity contribution < 1.29 is 12.8 Å². The summed E-state index contributed by atoms with van der Waals surface area (Å²) in [5, 5.41) is 0. The zero-order chi connectivity index (χ0) is 15.0. The van der Waals surface area contributed by atoms with Gasteiger partial charge in [-0.05, 0) is 29.7 Å². The Morgan fingerprint density at radius 1 is 1.05 bits per heavy atom. The van der Waals surface area contributed by atoms with E-state index in [0.717, 1.165) is 17.2 Å². The fourth-order valence-electron chi connectivity index (χ4n) is 2.60. The van der Waals surface area contributed by atoms with Crippen molar-refractivity contribution in [3.63, 3.8) is 0 Å². The third-order valence-electron chi connectivity index (χ3n) is 3.69. The van der Waals surface area contributed by atoms with Crippen molar-refractivity contribution in [3.05, 3.63) is 59.4 Å². The van der Waals surface area contributed by atoms with Crippen LogP contribution in [0.3, 0.4) is 0 Å². The lowest BCUT2D eigenvalue weighted by Gasteiger charge is -2.28. The van der Waals surface area contributed by atoms with Gasteiger partial charge in [-0.2, -0.15) is 4.31 Å². The Bertz CT molecular complexity index is 770. The SMILES string of the molecule is Nc1cccc(F)c1S(=O)(=O)N1CCc2ccccc2C1. The predicted molar refractivity (Wildman–Crippen MR) is 78.6 cm³/mol. The summed E-state index contributed by atoms with van der Waals surface area (Å²) in [4.78, 5) is -0.426. The molecule has 1 heterocycles. The topological polar surface area (TPSA) is 63.4 Å². The van der Waals surface area contributed by atoms with Crippen molar-refractivity contribution in [3.8, 4) is 0 Å². The predicted octanol–water partition coefficient (Wildman–Crippen LogP) is 2.15. The molecule has 0 radical (unpaired) electrons. The van der Waals surface area contributed by atoms with Crippen LogP contribution in [0.1, 0.15) is 11.1 Å². The van der Waals surface area contributed by atoms with E-state index in [1.54, 1.807) is 0 Å². The first-order valence-electron chi connectivity index (χ1n) is 6.61. The van der Waals surface area contributed by atoms with Gasteiger partial charge in [-0.15, -0.1) is 0 Å². The van der Waals surface area contributed by atoms with Crippen molar-refractivity contribution in [1.82, 2.24) is 4.31 Å². The molecular formula is C15H15FN2O2S. The second kappa shape index (κ2) is 5.13. The molecule has 21 heavy (non-hydrogen) atoms. The molecule has 3 rings (SSSR count). The van der Waals surface area contributed by atoms with E-state index in [1.165, 1.54) is 16.4 Å². The highest BCUT2D eigenvalue weighted by Crippen LogP contribution is 2.29. The van der Waals surface area contributed by atoms with E-state index in [1.807, 2.05) is 24.3 Å². The maximum absolute atomic E-state index is 13.9. The number of nitrogens with two attached hydrogens (primary N) is 1. The fourth-order valence-corrected chi connectivity index (χ4v) is 4.18. The van der Waals surface area contributed by atoms with Crippen LogP contribution in [-0.2, 0) is 23.0 Å². The Labute approximate surface area is 123 Å². The number of anilines is 1. The average Bonchev–Trinajstić information content (AvgIpc) is 2.46. The van der Waals surface area contributed by atoms with Crippen LogP contribution >= 0.6 is 0 Å². The van der Waals surface area contributed by atoms with Crippen LogP contribution in [-0.4, -0.2) is 19.3 Å². The molecule has 0 atom stereocenters. The third kappa shape index (κ3) is 2.41. The summed E-state index contributed by atoms with van der Waals surface area (Å²) in [7, 11) is -3.93. The van der Waals surface area contributed by atoms with Crippen molar-refractivity contribution >= 4 is 15.7 Å². The van der Waals surface area contributed by atoms with Gasteiger partial charge in [0.05, 0.1) is 5.69 Å². The molecule has 0 spiro atoms. The standard InChI is InChI=1S/C15H15FN2O2S/c16-13-6-3-7-14(17)15(13)21(19,20)18-9-8-11-4-1-2-5-12(11)10-18/h1-7H,8-10,17H2. The van der Waals surface area contributed by atoms with Crippen molar-refractivity contribution in [2.75, 3.05) is 12.3 Å². The Balaban J connectivity index is 2.01. The van der Waals surface area contributed by atoms with E-state index in [0.29, 0.717) is 13.0 Å². The molecule has 0 saturated heterocycles. The summed E-state index contributed by atoms with van der Waals surface area (Å²) in [6, 6.07) is 11.6. The molecule has 4 nitrogen and oxygen atoms in total. The lowest BCUT2D eigenvalue weighted by Crippen LogP contribution is -2.36. The monoisotopic (exact) mass is 306 g/mol. The van der Waals surface area contributed by atoms with Crippen LogP contribution < -0.4 is 5.73 Å². The minimum absolute atomic E-state index is 0.0612. The zero-order valence-electron chi connectivity index (χ0n) is 11.3. The minimum atomic E-state index is -3.93. The Morgan fingerprint density at radius 2 is 1.76 bits per heavy atom. The Kier molecular flexibility index (Phi) is 3.43. The van der Waals surface area contributed by atoms with Gasteiger partial charge in [0, 0.05) is 13.1 Å². The van der Waals surface area contributed by atoms with Crippen LogP contribution in [0.4, 0.5) is 10.1 Å². The van der Waals surface area contributed by atoms with Gasteiger partial charge in [0.1, 0.15) is 10.7 Å².